The van der Waals surface area contributed by atoms with Crippen LogP contribution in [0.15, 0.2) is 40.7 Å². The number of amides is 1. The van der Waals surface area contributed by atoms with Gasteiger partial charge in [0.2, 0.25) is 0 Å². The summed E-state index contributed by atoms with van der Waals surface area (Å²) in [6, 6.07) is 6.61. The number of aryl methyl sites for hydroxylation is 1. The van der Waals surface area contributed by atoms with E-state index < -0.39 is 10.8 Å². The molecule has 2 aromatic heterocycles. The van der Waals surface area contributed by atoms with E-state index in [9.17, 15) is 14.9 Å². The van der Waals surface area contributed by atoms with E-state index in [1.165, 1.54) is 48.0 Å². The molecule has 0 spiro atoms. The molecule has 0 aliphatic carbocycles. The van der Waals surface area contributed by atoms with Crippen LogP contribution >= 0.6 is 22.7 Å². The zero-order valence-corrected chi connectivity index (χ0v) is 15.0. The Morgan fingerprint density at radius 3 is 2.88 bits per heavy atom. The largest absolute Gasteiger partial charge is 0.494 e. The summed E-state index contributed by atoms with van der Waals surface area (Å²) in [7, 11) is 3.18. The molecule has 9 heteroatoms. The molecule has 25 heavy (non-hydrogen) atoms. The molecule has 3 rings (SSSR count). The second-order valence-corrected chi connectivity index (χ2v) is 6.98. The highest BCUT2D eigenvalue weighted by Gasteiger charge is 2.16. The van der Waals surface area contributed by atoms with Gasteiger partial charge in [-0.15, -0.1) is 11.3 Å². The van der Waals surface area contributed by atoms with Gasteiger partial charge >= 0.3 is 0 Å². The lowest BCUT2D eigenvalue weighted by atomic mass is 10.2. The maximum atomic E-state index is 12.1. The van der Waals surface area contributed by atoms with Crippen molar-refractivity contribution in [3.8, 4) is 5.75 Å². The zero-order chi connectivity index (χ0) is 18.0. The standard InChI is InChI=1S/C16H13N3O4S2/c1-18-15-12(23-2)8-10(19(21)22)9-13(15)25-16(18)17-14(20)6-5-11-4-3-7-24-11/h3-9H,1-2H3/b6-5+,17-16?. The van der Waals surface area contributed by atoms with E-state index in [0.717, 1.165) is 4.88 Å². The van der Waals surface area contributed by atoms with Crippen molar-refractivity contribution < 1.29 is 14.5 Å². The highest BCUT2D eigenvalue weighted by atomic mass is 32.1. The van der Waals surface area contributed by atoms with Gasteiger partial charge in [0, 0.05) is 24.1 Å². The van der Waals surface area contributed by atoms with E-state index in [1.807, 2.05) is 17.5 Å². The summed E-state index contributed by atoms with van der Waals surface area (Å²) < 4.78 is 7.58. The van der Waals surface area contributed by atoms with Crippen LogP contribution < -0.4 is 9.54 Å². The molecular formula is C16H13N3O4S2. The third-order valence-electron chi connectivity index (χ3n) is 3.42. The Kier molecular flexibility index (Phi) is 4.77. The van der Waals surface area contributed by atoms with E-state index in [-0.39, 0.29) is 5.69 Å². The fraction of sp³-hybridized carbons (Fsp3) is 0.125. The van der Waals surface area contributed by atoms with Gasteiger partial charge in [-0.2, -0.15) is 4.99 Å². The lowest BCUT2D eigenvalue weighted by Crippen LogP contribution is -2.12. The van der Waals surface area contributed by atoms with Crippen LogP contribution in [0.4, 0.5) is 5.69 Å². The monoisotopic (exact) mass is 375 g/mol. The van der Waals surface area contributed by atoms with Gasteiger partial charge < -0.3 is 9.30 Å². The number of benzene rings is 1. The SMILES string of the molecule is COc1cc([N+](=O)[O-])cc2sc(=NC(=O)/C=C/c3cccs3)n(C)c12. The van der Waals surface area contributed by atoms with Gasteiger partial charge in [0.25, 0.3) is 11.6 Å². The number of thiophene rings is 1. The van der Waals surface area contributed by atoms with Crippen molar-refractivity contribution in [3.05, 3.63) is 55.5 Å². The molecule has 0 saturated carbocycles. The lowest BCUT2D eigenvalue weighted by Gasteiger charge is -2.03. The van der Waals surface area contributed by atoms with E-state index in [0.29, 0.717) is 20.8 Å². The number of carbonyl (C=O) groups excluding carboxylic acids is 1. The van der Waals surface area contributed by atoms with Crippen LogP contribution in [0.5, 0.6) is 5.75 Å². The van der Waals surface area contributed by atoms with Crippen LogP contribution in [-0.2, 0) is 11.8 Å². The third-order valence-corrected chi connectivity index (χ3v) is 5.33. The number of hydrogen-bond acceptors (Lipinski definition) is 6. The third kappa shape index (κ3) is 3.52. The van der Waals surface area contributed by atoms with E-state index >= 15 is 0 Å². The predicted octanol–water partition coefficient (Wildman–Crippen LogP) is 3.36. The van der Waals surface area contributed by atoms with Gasteiger partial charge in [-0.05, 0) is 17.5 Å². The van der Waals surface area contributed by atoms with Gasteiger partial charge in [-0.1, -0.05) is 17.4 Å². The summed E-state index contributed by atoms with van der Waals surface area (Å²) in [5, 5.41) is 13.0. The molecule has 0 aliphatic rings. The number of carbonyl (C=O) groups is 1. The second kappa shape index (κ2) is 6.99. The van der Waals surface area contributed by atoms with Crippen molar-refractivity contribution in [1.82, 2.24) is 4.57 Å². The molecule has 7 nitrogen and oxygen atoms in total. The first-order valence-electron chi connectivity index (χ1n) is 7.12. The smallest absolute Gasteiger partial charge is 0.274 e. The molecule has 1 aromatic carbocycles. The molecule has 128 valence electrons. The highest BCUT2D eigenvalue weighted by molar-refractivity contribution is 7.16. The minimum Gasteiger partial charge on any atom is -0.494 e. The lowest BCUT2D eigenvalue weighted by molar-refractivity contribution is -0.384. The summed E-state index contributed by atoms with van der Waals surface area (Å²) in [4.78, 5) is 28.1. The molecule has 0 aliphatic heterocycles. The number of non-ortho nitro benzene ring substituents is 1. The zero-order valence-electron chi connectivity index (χ0n) is 13.3. The van der Waals surface area contributed by atoms with Crippen molar-refractivity contribution in [2.45, 2.75) is 0 Å². The average molecular weight is 375 g/mol. The summed E-state index contributed by atoms with van der Waals surface area (Å²) in [6.07, 6.45) is 3.10. The van der Waals surface area contributed by atoms with Crippen molar-refractivity contribution >= 4 is 50.6 Å². The van der Waals surface area contributed by atoms with Gasteiger partial charge in [-0.25, -0.2) is 0 Å². The molecule has 0 atom stereocenters. The van der Waals surface area contributed by atoms with Crippen molar-refractivity contribution in [3.63, 3.8) is 0 Å². The molecule has 0 N–H and O–H groups in total. The minimum atomic E-state index is -0.479. The number of rotatable bonds is 4. The van der Waals surface area contributed by atoms with E-state index in [4.69, 9.17) is 4.74 Å². The van der Waals surface area contributed by atoms with E-state index in [2.05, 4.69) is 4.99 Å². The number of nitrogens with zero attached hydrogens (tertiary/aromatic N) is 3. The fourth-order valence-electron chi connectivity index (χ4n) is 2.27. The number of aromatic nitrogens is 1. The maximum absolute atomic E-state index is 12.1. The molecule has 0 saturated heterocycles. The molecular weight excluding hydrogens is 362 g/mol. The number of fused-ring (bicyclic) bond motifs is 1. The summed E-state index contributed by atoms with van der Waals surface area (Å²) >= 11 is 2.72. The summed E-state index contributed by atoms with van der Waals surface area (Å²) in [5.41, 5.74) is 0.591. The van der Waals surface area contributed by atoms with Gasteiger partial charge in [0.1, 0.15) is 5.52 Å². The Labute approximate surface area is 150 Å². The maximum Gasteiger partial charge on any atom is 0.274 e. The number of nitro groups is 1. The van der Waals surface area contributed by atoms with Crippen molar-refractivity contribution in [1.29, 1.82) is 0 Å². The van der Waals surface area contributed by atoms with Gasteiger partial charge in [0.05, 0.1) is 22.8 Å². The Morgan fingerprint density at radius 2 is 2.24 bits per heavy atom. The molecule has 0 radical (unpaired) electrons. The summed E-state index contributed by atoms with van der Waals surface area (Å²) in [5.74, 6) is -0.0324. The minimum absolute atomic E-state index is 0.0679. The van der Waals surface area contributed by atoms with Crippen LogP contribution in [0.2, 0.25) is 0 Å². The van der Waals surface area contributed by atoms with Gasteiger partial charge in [0.15, 0.2) is 10.6 Å². The molecule has 3 aromatic rings. The van der Waals surface area contributed by atoms with E-state index in [1.54, 1.807) is 17.7 Å². The Bertz CT molecular complexity index is 1050. The van der Waals surface area contributed by atoms with Crippen LogP contribution in [-0.4, -0.2) is 22.5 Å². The first-order chi connectivity index (χ1) is 12.0. The van der Waals surface area contributed by atoms with Crippen LogP contribution in [0.3, 0.4) is 0 Å². The molecule has 0 bridgehead atoms. The number of thiazole rings is 1. The number of hydrogen-bond donors (Lipinski definition) is 0. The Morgan fingerprint density at radius 1 is 1.44 bits per heavy atom. The molecule has 0 unspecified atom stereocenters. The van der Waals surface area contributed by atoms with Gasteiger partial charge in [-0.3, -0.25) is 14.9 Å². The van der Waals surface area contributed by atoms with Crippen LogP contribution in [0, 0.1) is 10.1 Å². The second-order valence-electron chi connectivity index (χ2n) is 4.99. The summed E-state index contributed by atoms with van der Waals surface area (Å²) in [6.45, 7) is 0. The molecule has 1 amide bonds. The predicted molar refractivity (Wildman–Crippen MR) is 97.9 cm³/mol. The Hall–Kier alpha value is -2.78. The first-order valence-corrected chi connectivity index (χ1v) is 8.81. The average Bonchev–Trinajstić information content (AvgIpc) is 3.21. The van der Waals surface area contributed by atoms with Crippen molar-refractivity contribution in [2.24, 2.45) is 12.0 Å². The quantitative estimate of drug-likeness (QED) is 0.397. The molecule has 2 heterocycles. The van der Waals surface area contributed by atoms with Crippen LogP contribution in [0.25, 0.3) is 16.3 Å². The Balaban J connectivity index is 2.06. The number of ether oxygens (including phenoxy) is 1. The topological polar surface area (TPSA) is 86.7 Å². The number of methoxy groups -OCH3 is 1. The van der Waals surface area contributed by atoms with Crippen LogP contribution in [0.1, 0.15) is 4.88 Å². The van der Waals surface area contributed by atoms with Crippen molar-refractivity contribution in [2.75, 3.05) is 7.11 Å². The molecule has 0 fully saturated rings. The highest BCUT2D eigenvalue weighted by Crippen LogP contribution is 2.32. The normalized spacial score (nSPS) is 12.2. The first kappa shape index (κ1) is 17.1. The fourth-order valence-corrected chi connectivity index (χ4v) is 3.96. The number of nitro benzene ring substituents is 1.